The van der Waals surface area contributed by atoms with Gasteiger partial charge in [0, 0.05) is 26.2 Å². The quantitative estimate of drug-likeness (QED) is 0.346. The summed E-state index contributed by atoms with van der Waals surface area (Å²) in [6.07, 6.45) is 13.9. The Balaban J connectivity index is 0.881. The molecule has 4 heterocycles. The van der Waals surface area contributed by atoms with Crippen LogP contribution in [0.5, 0.6) is 0 Å². The van der Waals surface area contributed by atoms with Crippen LogP contribution in [0.3, 0.4) is 0 Å². The molecular weight excluding hydrogens is 488 g/mol. The highest BCUT2D eigenvalue weighted by atomic mass is 15.1. The Morgan fingerprint density at radius 1 is 0.350 bits per heavy atom. The first-order chi connectivity index (χ1) is 19.8. The predicted octanol–water partition coefficient (Wildman–Crippen LogP) is 6.78. The molecule has 0 saturated carbocycles. The van der Waals surface area contributed by atoms with Crippen LogP contribution < -0.4 is 0 Å². The first-order valence-corrected chi connectivity index (χ1v) is 16.8. The van der Waals surface area contributed by atoms with Gasteiger partial charge in [0.05, 0.1) is 0 Å². The molecule has 4 aliphatic heterocycles. The summed E-state index contributed by atoms with van der Waals surface area (Å²) in [6.45, 7) is 14.8. The molecule has 0 aromatic heterocycles. The molecule has 0 amide bonds. The van der Waals surface area contributed by atoms with Gasteiger partial charge in [-0.3, -0.25) is 19.6 Å². The summed E-state index contributed by atoms with van der Waals surface area (Å²) in [6, 6.07) is 19.1. The molecule has 40 heavy (non-hydrogen) atoms. The Hall–Kier alpha value is -1.72. The third-order valence-corrected chi connectivity index (χ3v) is 10.5. The summed E-state index contributed by atoms with van der Waals surface area (Å²) < 4.78 is 0. The van der Waals surface area contributed by atoms with Crippen molar-refractivity contribution in [3.63, 3.8) is 0 Å². The molecule has 0 atom stereocenters. The lowest BCUT2D eigenvalue weighted by Crippen LogP contribution is -2.40. The van der Waals surface area contributed by atoms with Crippen LogP contribution in [0.2, 0.25) is 0 Å². The molecule has 2 aromatic carbocycles. The third kappa shape index (κ3) is 8.18. The lowest BCUT2D eigenvalue weighted by Gasteiger charge is -2.40. The fraction of sp³-hybridized carbons (Fsp3) is 0.667. The van der Waals surface area contributed by atoms with Gasteiger partial charge in [-0.25, -0.2) is 0 Å². The smallest absolute Gasteiger partial charge is 0.0233 e. The number of hydrogen-bond donors (Lipinski definition) is 0. The third-order valence-electron chi connectivity index (χ3n) is 10.5. The Bertz CT molecular complexity index is 907. The number of rotatable bonds is 9. The van der Waals surface area contributed by atoms with Gasteiger partial charge in [0.2, 0.25) is 0 Å². The van der Waals surface area contributed by atoms with Crippen molar-refractivity contribution in [3.8, 4) is 0 Å². The van der Waals surface area contributed by atoms with Crippen LogP contribution in [0.1, 0.15) is 86.5 Å². The Morgan fingerprint density at radius 3 is 0.875 bits per heavy atom. The summed E-state index contributed by atoms with van der Waals surface area (Å²) in [5.74, 6) is 1.89. The van der Waals surface area contributed by atoms with Crippen molar-refractivity contribution >= 4 is 0 Å². The molecule has 0 radical (unpaired) electrons. The molecule has 0 unspecified atom stereocenters. The normalized spacial score (nSPS) is 23.5. The topological polar surface area (TPSA) is 13.0 Å². The van der Waals surface area contributed by atoms with Crippen LogP contribution >= 0.6 is 0 Å². The van der Waals surface area contributed by atoms with Gasteiger partial charge < -0.3 is 0 Å². The zero-order chi connectivity index (χ0) is 27.0. The second-order valence-corrected chi connectivity index (χ2v) is 13.5. The highest BCUT2D eigenvalue weighted by Gasteiger charge is 2.29. The van der Waals surface area contributed by atoms with E-state index in [1.807, 2.05) is 0 Å². The average Bonchev–Trinajstić information content (AvgIpc) is 3.01. The van der Waals surface area contributed by atoms with E-state index in [9.17, 15) is 0 Å². The van der Waals surface area contributed by atoms with E-state index in [1.165, 1.54) is 139 Å². The predicted molar refractivity (Wildman–Crippen MR) is 167 cm³/mol. The maximum absolute atomic E-state index is 2.71. The van der Waals surface area contributed by atoms with Crippen molar-refractivity contribution in [1.29, 1.82) is 0 Å². The molecule has 6 rings (SSSR count). The van der Waals surface area contributed by atoms with Crippen molar-refractivity contribution in [1.82, 2.24) is 19.6 Å². The maximum atomic E-state index is 2.71. The van der Waals surface area contributed by atoms with Gasteiger partial charge in [-0.2, -0.15) is 0 Å². The molecule has 0 spiro atoms. The summed E-state index contributed by atoms with van der Waals surface area (Å²) in [7, 11) is 0. The van der Waals surface area contributed by atoms with Crippen molar-refractivity contribution in [2.45, 2.75) is 90.4 Å². The molecule has 218 valence electrons. The van der Waals surface area contributed by atoms with Crippen LogP contribution in [0.15, 0.2) is 48.5 Å². The highest BCUT2D eigenvalue weighted by Crippen LogP contribution is 2.33. The monoisotopic (exact) mass is 542 g/mol. The minimum Gasteiger partial charge on any atom is -0.299 e. The second-order valence-electron chi connectivity index (χ2n) is 13.5. The Labute approximate surface area is 244 Å². The van der Waals surface area contributed by atoms with Crippen LogP contribution in [-0.2, 0) is 26.2 Å². The molecule has 0 N–H and O–H groups in total. The molecule has 4 aliphatic rings. The van der Waals surface area contributed by atoms with Crippen LogP contribution in [-0.4, -0.2) is 72.0 Å². The van der Waals surface area contributed by atoms with Gasteiger partial charge in [-0.15, -0.1) is 0 Å². The minimum absolute atomic E-state index is 0.944. The van der Waals surface area contributed by atoms with Crippen molar-refractivity contribution in [2.75, 3.05) is 52.4 Å². The van der Waals surface area contributed by atoms with Crippen molar-refractivity contribution in [2.24, 2.45) is 11.8 Å². The molecule has 0 bridgehead atoms. The van der Waals surface area contributed by atoms with Crippen molar-refractivity contribution < 1.29 is 0 Å². The van der Waals surface area contributed by atoms with E-state index in [-0.39, 0.29) is 0 Å². The molecule has 4 fully saturated rings. The van der Waals surface area contributed by atoms with Crippen LogP contribution in [0.4, 0.5) is 0 Å². The van der Waals surface area contributed by atoms with Gasteiger partial charge >= 0.3 is 0 Å². The highest BCUT2D eigenvalue weighted by molar-refractivity contribution is 5.23. The lowest BCUT2D eigenvalue weighted by molar-refractivity contribution is 0.0910. The minimum atomic E-state index is 0.944. The van der Waals surface area contributed by atoms with E-state index in [1.54, 1.807) is 0 Å². The average molecular weight is 543 g/mol. The largest absolute Gasteiger partial charge is 0.299 e. The summed E-state index contributed by atoms with van der Waals surface area (Å²) in [4.78, 5) is 10.7. The SMILES string of the molecule is c1cc(CN2CCC(C3CCN(Cc4ccc(CN5CCCCC5)cc4)CC3)CC2)ccc1CN1CCCCC1. The van der Waals surface area contributed by atoms with Gasteiger partial charge in [-0.1, -0.05) is 61.4 Å². The fourth-order valence-electron chi connectivity index (χ4n) is 7.93. The summed E-state index contributed by atoms with van der Waals surface area (Å²) >= 11 is 0. The van der Waals surface area contributed by atoms with Gasteiger partial charge in [0.15, 0.2) is 0 Å². The van der Waals surface area contributed by atoms with E-state index < -0.39 is 0 Å². The zero-order valence-electron chi connectivity index (χ0n) is 25.1. The van der Waals surface area contributed by atoms with Crippen LogP contribution in [0.25, 0.3) is 0 Å². The van der Waals surface area contributed by atoms with E-state index in [0.29, 0.717) is 0 Å². The molecule has 2 aromatic rings. The lowest BCUT2D eigenvalue weighted by atomic mass is 9.78. The molecule has 0 aliphatic carbocycles. The van der Waals surface area contributed by atoms with E-state index in [0.717, 1.165) is 38.0 Å². The Morgan fingerprint density at radius 2 is 0.600 bits per heavy atom. The number of benzene rings is 2. The van der Waals surface area contributed by atoms with E-state index in [2.05, 4.69) is 68.1 Å². The standard InChI is InChI=1S/C36H54N4/c1-3-19-37(20-4-1)27-31-7-11-33(12-8-31)29-39-23-15-35(16-24-39)36-17-25-40(26-18-36)30-34-13-9-32(10-14-34)28-38-21-5-2-6-22-38/h7-14,35-36H,1-6,15-30H2. The molecular formula is C36H54N4. The first-order valence-electron chi connectivity index (χ1n) is 16.8. The number of piperidine rings is 4. The molecule has 4 heteroatoms. The van der Waals surface area contributed by atoms with Gasteiger partial charge in [0.25, 0.3) is 0 Å². The summed E-state index contributed by atoms with van der Waals surface area (Å²) in [5.41, 5.74) is 5.96. The summed E-state index contributed by atoms with van der Waals surface area (Å²) in [5, 5.41) is 0. The number of nitrogens with zero attached hydrogens (tertiary/aromatic N) is 4. The van der Waals surface area contributed by atoms with Gasteiger partial charge in [0.1, 0.15) is 0 Å². The second kappa shape index (κ2) is 14.4. The maximum Gasteiger partial charge on any atom is 0.0233 e. The van der Waals surface area contributed by atoms with Gasteiger partial charge in [-0.05, 0) is 138 Å². The first kappa shape index (κ1) is 28.4. The van der Waals surface area contributed by atoms with Crippen molar-refractivity contribution in [3.05, 3.63) is 70.8 Å². The zero-order valence-corrected chi connectivity index (χ0v) is 25.1. The Kier molecular flexibility index (Phi) is 10.3. The fourth-order valence-corrected chi connectivity index (χ4v) is 7.93. The number of likely N-dealkylation sites (tertiary alicyclic amines) is 4. The van der Waals surface area contributed by atoms with E-state index in [4.69, 9.17) is 0 Å². The number of hydrogen-bond acceptors (Lipinski definition) is 4. The molecule has 4 nitrogen and oxygen atoms in total. The van der Waals surface area contributed by atoms with E-state index >= 15 is 0 Å². The molecule has 4 saturated heterocycles. The van der Waals surface area contributed by atoms with Crippen LogP contribution in [0, 0.1) is 11.8 Å².